The monoisotopic (exact) mass is 438 g/mol. The van der Waals surface area contributed by atoms with Crippen molar-refractivity contribution in [2.75, 3.05) is 0 Å². The summed E-state index contributed by atoms with van der Waals surface area (Å²) in [4.78, 5) is 0. The average Bonchev–Trinajstić information content (AvgIpc) is 2.90. The molecule has 35 heavy (non-hydrogen) atoms. The van der Waals surface area contributed by atoms with E-state index < -0.39 is 0 Å². The third-order valence-corrected chi connectivity index (χ3v) is 6.97. The van der Waals surface area contributed by atoms with Gasteiger partial charge in [0.2, 0.25) is 0 Å². The summed E-state index contributed by atoms with van der Waals surface area (Å²) in [6.07, 6.45) is 6.86. The molecule has 0 fully saturated rings. The van der Waals surface area contributed by atoms with Gasteiger partial charge in [0, 0.05) is 0 Å². The Bertz CT molecular complexity index is 1690. The molecule has 0 aliphatic heterocycles. The van der Waals surface area contributed by atoms with Gasteiger partial charge < -0.3 is 0 Å². The highest BCUT2D eigenvalue weighted by Crippen LogP contribution is 2.36. The summed E-state index contributed by atoms with van der Waals surface area (Å²) in [7, 11) is 18.5. The second-order valence-corrected chi connectivity index (χ2v) is 9.09. The summed E-state index contributed by atoms with van der Waals surface area (Å²) < 4.78 is 0. The first kappa shape index (κ1) is 21.8. The van der Waals surface area contributed by atoms with E-state index in [1.807, 2.05) is 12.1 Å². The fraction of sp³-hybridized carbons (Fsp3) is 0.0625. The van der Waals surface area contributed by atoms with E-state index in [0.717, 1.165) is 29.5 Å². The van der Waals surface area contributed by atoms with Crippen molar-refractivity contribution in [2.24, 2.45) is 0 Å². The predicted octanol–water partition coefficient (Wildman–Crippen LogP) is 3.58. The van der Waals surface area contributed by atoms with Crippen LogP contribution in [-0.2, 0) is 0 Å². The maximum absolute atomic E-state index is 6.22. The first-order chi connectivity index (χ1) is 17.1. The van der Waals surface area contributed by atoms with E-state index >= 15 is 0 Å². The van der Waals surface area contributed by atoms with E-state index in [4.69, 9.17) is 23.5 Å². The highest BCUT2D eigenvalue weighted by Gasteiger charge is 2.18. The van der Waals surface area contributed by atoms with Gasteiger partial charge in [0.1, 0.15) is 23.5 Å². The van der Waals surface area contributed by atoms with Crippen molar-refractivity contribution in [1.82, 2.24) is 0 Å². The van der Waals surface area contributed by atoms with Crippen LogP contribution in [0.1, 0.15) is 12.8 Å². The first-order valence-electron chi connectivity index (χ1n) is 12.0. The van der Waals surface area contributed by atoms with Gasteiger partial charge >= 0.3 is 0 Å². The minimum atomic E-state index is 0.434. The molecule has 5 aromatic rings. The Morgan fingerprint density at radius 2 is 1.00 bits per heavy atom. The first-order valence-corrected chi connectivity index (χ1v) is 12.0. The lowest BCUT2D eigenvalue weighted by molar-refractivity contribution is 1.12. The molecule has 0 aromatic heterocycles. The van der Waals surface area contributed by atoms with Crippen molar-refractivity contribution in [3.63, 3.8) is 0 Å². The highest BCUT2D eigenvalue weighted by molar-refractivity contribution is 6.57. The van der Waals surface area contributed by atoms with Crippen LogP contribution < -0.4 is 26.8 Å². The van der Waals surface area contributed by atoms with Gasteiger partial charge in [0.25, 0.3) is 0 Å². The van der Waals surface area contributed by atoms with Crippen LogP contribution in [0.5, 0.6) is 0 Å². The van der Waals surface area contributed by atoms with Crippen LogP contribution in [0.25, 0.3) is 56.3 Å². The van der Waals surface area contributed by atoms with E-state index in [0.29, 0.717) is 16.4 Å². The summed E-state index contributed by atoms with van der Waals surface area (Å²) >= 11 is 0. The standard InChI is InChI=1S/C32H21B3/c33-28-18-21(19-29(34)32(28)35)22-12-4-5-13-23(22)31-26-16-8-6-14-24(26)30(20-10-2-1-3-11-20)25-15-7-9-17-27(25)31/h1-6,8,10-19H,7,9H2. The molecule has 158 valence electrons. The molecule has 1 aliphatic carbocycles. The van der Waals surface area contributed by atoms with E-state index in [1.165, 1.54) is 37.9 Å². The smallest absolute Gasteiger partial charge is 0.110 e. The van der Waals surface area contributed by atoms with Crippen molar-refractivity contribution in [1.29, 1.82) is 0 Å². The van der Waals surface area contributed by atoms with Crippen molar-refractivity contribution < 1.29 is 0 Å². The van der Waals surface area contributed by atoms with Crippen LogP contribution in [0.15, 0.2) is 91.0 Å². The normalized spacial score (nSPS) is 12.6. The van der Waals surface area contributed by atoms with Crippen LogP contribution >= 0.6 is 0 Å². The second-order valence-electron chi connectivity index (χ2n) is 9.09. The molecular formula is C32H21B3. The summed E-state index contributed by atoms with van der Waals surface area (Å²) in [6, 6.07) is 31.8. The Balaban J connectivity index is 1.75. The van der Waals surface area contributed by atoms with Crippen LogP contribution in [-0.4, -0.2) is 23.5 Å². The summed E-state index contributed by atoms with van der Waals surface area (Å²) in [5, 5.41) is 5.09. The zero-order chi connectivity index (χ0) is 23.9. The minimum absolute atomic E-state index is 0.434. The van der Waals surface area contributed by atoms with Gasteiger partial charge in [-0.25, -0.2) is 0 Å². The summed E-state index contributed by atoms with van der Waals surface area (Å²) in [6.45, 7) is 0. The number of fused-ring (bicyclic) bond motifs is 2. The van der Waals surface area contributed by atoms with Gasteiger partial charge in [0.05, 0.1) is 0 Å². The highest BCUT2D eigenvalue weighted by atomic mass is 14.2. The zero-order valence-electron chi connectivity index (χ0n) is 19.5. The number of benzene rings is 5. The van der Waals surface area contributed by atoms with Crippen molar-refractivity contribution >= 4 is 62.9 Å². The van der Waals surface area contributed by atoms with Crippen LogP contribution in [0.3, 0.4) is 0 Å². The molecule has 0 nitrogen and oxygen atoms in total. The van der Waals surface area contributed by atoms with E-state index in [-0.39, 0.29) is 0 Å². The molecule has 6 radical (unpaired) electrons. The van der Waals surface area contributed by atoms with Gasteiger partial charge in [-0.15, -0.1) is 16.4 Å². The Kier molecular flexibility index (Phi) is 5.49. The molecule has 0 spiro atoms. The van der Waals surface area contributed by atoms with Gasteiger partial charge in [-0.1, -0.05) is 103 Å². The molecule has 0 saturated heterocycles. The van der Waals surface area contributed by atoms with E-state index in [1.54, 1.807) is 0 Å². The molecule has 0 unspecified atom stereocenters. The third-order valence-electron chi connectivity index (χ3n) is 6.97. The van der Waals surface area contributed by atoms with Gasteiger partial charge in [-0.3, -0.25) is 0 Å². The molecule has 0 bridgehead atoms. The predicted molar refractivity (Wildman–Crippen MR) is 154 cm³/mol. The lowest BCUT2D eigenvalue weighted by Crippen LogP contribution is -2.38. The fourth-order valence-corrected chi connectivity index (χ4v) is 5.37. The molecule has 0 saturated carbocycles. The molecule has 0 atom stereocenters. The summed E-state index contributed by atoms with van der Waals surface area (Å²) in [5.74, 6) is 0. The number of rotatable bonds is 3. The Morgan fingerprint density at radius 1 is 0.486 bits per heavy atom. The molecule has 0 amide bonds. The average molecular weight is 438 g/mol. The molecule has 0 N–H and O–H groups in total. The molecule has 3 heteroatoms. The maximum Gasteiger partial charge on any atom is 0.112 e. The summed E-state index contributed by atoms with van der Waals surface area (Å²) in [5.41, 5.74) is 8.44. The molecular weight excluding hydrogens is 417 g/mol. The Labute approximate surface area is 210 Å². The SMILES string of the molecule is [B]c1cc(-c2ccccc2-c2c3c(c(-c4ccccc4)c4ccccc24)=CCCC=3)cc([B])c1[B]. The lowest BCUT2D eigenvalue weighted by Gasteiger charge is -2.20. The van der Waals surface area contributed by atoms with E-state index in [9.17, 15) is 0 Å². The lowest BCUT2D eigenvalue weighted by atomic mass is 9.71. The third kappa shape index (κ3) is 3.67. The largest absolute Gasteiger partial charge is 0.112 e. The zero-order valence-corrected chi connectivity index (χ0v) is 19.5. The molecule has 0 heterocycles. The number of hydrogen-bond acceptors (Lipinski definition) is 0. The Hall–Kier alpha value is -3.71. The second kappa shape index (κ2) is 8.82. The van der Waals surface area contributed by atoms with Gasteiger partial charge in [-0.05, 0) is 67.4 Å². The fourth-order valence-electron chi connectivity index (χ4n) is 5.37. The maximum atomic E-state index is 6.22. The quantitative estimate of drug-likeness (QED) is 0.378. The van der Waals surface area contributed by atoms with Crippen LogP contribution in [0, 0.1) is 0 Å². The van der Waals surface area contributed by atoms with Crippen molar-refractivity contribution in [3.8, 4) is 33.4 Å². The van der Waals surface area contributed by atoms with E-state index in [2.05, 4.69) is 91.0 Å². The topological polar surface area (TPSA) is 0 Å². The van der Waals surface area contributed by atoms with Crippen LogP contribution in [0.4, 0.5) is 0 Å². The number of hydrogen-bond donors (Lipinski definition) is 0. The van der Waals surface area contributed by atoms with Crippen LogP contribution in [0.2, 0.25) is 0 Å². The molecule has 6 rings (SSSR count). The Morgan fingerprint density at radius 3 is 1.66 bits per heavy atom. The van der Waals surface area contributed by atoms with Crippen molar-refractivity contribution in [3.05, 3.63) is 101 Å². The minimum Gasteiger partial charge on any atom is -0.110 e. The molecule has 5 aromatic carbocycles. The van der Waals surface area contributed by atoms with Gasteiger partial charge in [-0.2, -0.15) is 0 Å². The molecule has 1 aliphatic rings. The van der Waals surface area contributed by atoms with Gasteiger partial charge in [0.15, 0.2) is 0 Å². The van der Waals surface area contributed by atoms with Crippen molar-refractivity contribution in [2.45, 2.75) is 12.8 Å².